The van der Waals surface area contributed by atoms with Crippen LogP contribution in [0.4, 0.5) is 4.39 Å². The lowest BCUT2D eigenvalue weighted by molar-refractivity contribution is 0.358. The van der Waals surface area contributed by atoms with Crippen LogP contribution in [0.15, 0.2) is 18.2 Å². The van der Waals surface area contributed by atoms with Gasteiger partial charge in [-0.15, -0.1) is 0 Å². The number of hydrazine groups is 1. The van der Waals surface area contributed by atoms with E-state index in [9.17, 15) is 4.39 Å². The van der Waals surface area contributed by atoms with E-state index in [0.717, 1.165) is 12.0 Å². The van der Waals surface area contributed by atoms with E-state index in [1.165, 1.54) is 50.7 Å². The summed E-state index contributed by atoms with van der Waals surface area (Å²) in [5.74, 6) is 6.04. The average Bonchev–Trinajstić information content (AvgIpc) is 2.67. The molecule has 1 aromatic carbocycles. The van der Waals surface area contributed by atoms with Crippen LogP contribution in [0.1, 0.15) is 56.6 Å². The molecule has 0 bridgehead atoms. The third kappa shape index (κ3) is 4.16. The van der Waals surface area contributed by atoms with Gasteiger partial charge in [-0.3, -0.25) is 11.3 Å². The van der Waals surface area contributed by atoms with Gasteiger partial charge < -0.3 is 0 Å². The summed E-state index contributed by atoms with van der Waals surface area (Å²) >= 11 is 6.16. The minimum Gasteiger partial charge on any atom is -0.271 e. The van der Waals surface area contributed by atoms with E-state index in [4.69, 9.17) is 17.4 Å². The van der Waals surface area contributed by atoms with Crippen LogP contribution in [0, 0.1) is 11.7 Å². The molecule has 1 unspecified atom stereocenters. The summed E-state index contributed by atoms with van der Waals surface area (Å²) in [7, 11) is 0. The maximum atomic E-state index is 13.4. The number of hydrogen-bond acceptors (Lipinski definition) is 2. The molecule has 2 rings (SSSR count). The predicted molar refractivity (Wildman–Crippen MR) is 77.3 cm³/mol. The number of hydrogen-bond donors (Lipinski definition) is 2. The molecule has 0 aromatic heterocycles. The first-order chi connectivity index (χ1) is 9.20. The van der Waals surface area contributed by atoms with Crippen molar-refractivity contribution in [1.82, 2.24) is 5.43 Å². The van der Waals surface area contributed by atoms with Crippen LogP contribution in [-0.4, -0.2) is 0 Å². The van der Waals surface area contributed by atoms with Crippen molar-refractivity contribution in [2.75, 3.05) is 0 Å². The highest BCUT2D eigenvalue weighted by atomic mass is 35.5. The molecule has 0 saturated heterocycles. The summed E-state index contributed by atoms with van der Waals surface area (Å²) in [4.78, 5) is 0. The maximum absolute atomic E-state index is 13.4. The minimum absolute atomic E-state index is 0.0636. The second-order valence-electron chi connectivity index (χ2n) is 5.48. The van der Waals surface area contributed by atoms with E-state index in [1.807, 2.05) is 0 Å². The standard InChI is InChI=1S/C15H22ClFN2/c16-14-8-7-12(17)10-13(14)15(19-18)9-11-5-3-1-2-4-6-11/h7-8,10-11,15,19H,1-6,9,18H2. The Morgan fingerprint density at radius 1 is 1.26 bits per heavy atom. The SMILES string of the molecule is NNC(CC1CCCCCC1)c1cc(F)ccc1Cl. The molecule has 4 heteroatoms. The third-order valence-corrected chi connectivity index (χ3v) is 4.42. The van der Waals surface area contributed by atoms with Gasteiger partial charge >= 0.3 is 0 Å². The van der Waals surface area contributed by atoms with Gasteiger partial charge in [-0.05, 0) is 36.1 Å². The van der Waals surface area contributed by atoms with E-state index in [-0.39, 0.29) is 11.9 Å². The van der Waals surface area contributed by atoms with E-state index >= 15 is 0 Å². The maximum Gasteiger partial charge on any atom is 0.123 e. The zero-order valence-corrected chi connectivity index (χ0v) is 11.9. The Morgan fingerprint density at radius 2 is 1.95 bits per heavy atom. The highest BCUT2D eigenvalue weighted by Crippen LogP contribution is 2.33. The topological polar surface area (TPSA) is 38.0 Å². The molecular formula is C15H22ClFN2. The van der Waals surface area contributed by atoms with Crippen LogP contribution in [0.25, 0.3) is 0 Å². The van der Waals surface area contributed by atoms with E-state index in [1.54, 1.807) is 6.07 Å². The van der Waals surface area contributed by atoms with Crippen LogP contribution in [0.2, 0.25) is 5.02 Å². The van der Waals surface area contributed by atoms with Gasteiger partial charge in [0.05, 0.1) is 0 Å². The molecule has 3 N–H and O–H groups in total. The van der Waals surface area contributed by atoms with Crippen molar-refractivity contribution in [2.24, 2.45) is 11.8 Å². The molecule has 2 nitrogen and oxygen atoms in total. The van der Waals surface area contributed by atoms with Crippen molar-refractivity contribution >= 4 is 11.6 Å². The van der Waals surface area contributed by atoms with Gasteiger partial charge in [-0.25, -0.2) is 4.39 Å². The Kier molecular flexibility index (Phi) is 5.61. The van der Waals surface area contributed by atoms with Crippen LogP contribution in [0.5, 0.6) is 0 Å². The Bertz CT molecular complexity index is 403. The largest absolute Gasteiger partial charge is 0.271 e. The van der Waals surface area contributed by atoms with Crippen LogP contribution >= 0.6 is 11.6 Å². The van der Waals surface area contributed by atoms with Crippen molar-refractivity contribution in [3.8, 4) is 0 Å². The lowest BCUT2D eigenvalue weighted by Crippen LogP contribution is -2.30. The molecular weight excluding hydrogens is 263 g/mol. The van der Waals surface area contributed by atoms with Crippen molar-refractivity contribution in [3.63, 3.8) is 0 Å². The Morgan fingerprint density at radius 3 is 2.58 bits per heavy atom. The molecule has 0 radical (unpaired) electrons. The van der Waals surface area contributed by atoms with Crippen molar-refractivity contribution in [2.45, 2.75) is 51.0 Å². The molecule has 1 saturated carbocycles. The molecule has 0 amide bonds. The summed E-state index contributed by atoms with van der Waals surface area (Å²) in [5, 5.41) is 0.581. The van der Waals surface area contributed by atoms with Gasteiger partial charge in [-0.1, -0.05) is 50.1 Å². The Balaban J connectivity index is 2.08. The normalized spacial score (nSPS) is 19.1. The van der Waals surface area contributed by atoms with Crippen molar-refractivity contribution in [3.05, 3.63) is 34.6 Å². The number of nitrogens with two attached hydrogens (primary N) is 1. The number of nitrogens with one attached hydrogen (secondary N) is 1. The predicted octanol–water partition coefficient (Wildman–Crippen LogP) is 4.34. The van der Waals surface area contributed by atoms with Gasteiger partial charge in [0.25, 0.3) is 0 Å². The quantitative estimate of drug-likeness (QED) is 0.490. The van der Waals surface area contributed by atoms with Gasteiger partial charge in [0.15, 0.2) is 0 Å². The first-order valence-corrected chi connectivity index (χ1v) is 7.49. The summed E-state index contributed by atoms with van der Waals surface area (Å²) < 4.78 is 13.4. The van der Waals surface area contributed by atoms with Gasteiger partial charge in [0.1, 0.15) is 5.82 Å². The first kappa shape index (κ1) is 14.8. The zero-order chi connectivity index (χ0) is 13.7. The zero-order valence-electron chi connectivity index (χ0n) is 11.2. The average molecular weight is 285 g/mol. The van der Waals surface area contributed by atoms with Crippen molar-refractivity contribution in [1.29, 1.82) is 0 Å². The smallest absolute Gasteiger partial charge is 0.123 e. The lowest BCUT2D eigenvalue weighted by atomic mass is 9.90. The van der Waals surface area contributed by atoms with Gasteiger partial charge in [0.2, 0.25) is 0 Å². The third-order valence-electron chi connectivity index (χ3n) is 4.08. The van der Waals surface area contributed by atoms with E-state index in [0.29, 0.717) is 10.9 Å². The fourth-order valence-corrected chi connectivity index (χ4v) is 3.25. The number of rotatable bonds is 4. The molecule has 0 heterocycles. The first-order valence-electron chi connectivity index (χ1n) is 7.12. The van der Waals surface area contributed by atoms with Gasteiger partial charge in [-0.2, -0.15) is 0 Å². The molecule has 0 aliphatic heterocycles. The van der Waals surface area contributed by atoms with Gasteiger partial charge in [0, 0.05) is 11.1 Å². The fourth-order valence-electron chi connectivity index (χ4n) is 3.00. The van der Waals surface area contributed by atoms with Crippen LogP contribution < -0.4 is 11.3 Å². The second kappa shape index (κ2) is 7.22. The molecule has 0 spiro atoms. The molecule has 1 atom stereocenters. The molecule has 1 aliphatic carbocycles. The van der Waals surface area contributed by atoms with Crippen LogP contribution in [-0.2, 0) is 0 Å². The fraction of sp³-hybridized carbons (Fsp3) is 0.600. The highest BCUT2D eigenvalue weighted by Gasteiger charge is 2.20. The second-order valence-corrected chi connectivity index (χ2v) is 5.89. The van der Waals surface area contributed by atoms with E-state index < -0.39 is 0 Å². The molecule has 19 heavy (non-hydrogen) atoms. The Labute approximate surface area is 119 Å². The monoisotopic (exact) mass is 284 g/mol. The molecule has 1 aliphatic rings. The van der Waals surface area contributed by atoms with E-state index in [2.05, 4.69) is 5.43 Å². The van der Waals surface area contributed by atoms with Crippen molar-refractivity contribution < 1.29 is 4.39 Å². The summed E-state index contributed by atoms with van der Waals surface area (Å²) in [6, 6.07) is 4.41. The van der Waals surface area contributed by atoms with Crippen LogP contribution in [0.3, 0.4) is 0 Å². The highest BCUT2D eigenvalue weighted by molar-refractivity contribution is 6.31. The summed E-state index contributed by atoms with van der Waals surface area (Å²) in [6.07, 6.45) is 8.66. The molecule has 106 valence electrons. The Hall–Kier alpha value is -0.640. The summed E-state index contributed by atoms with van der Waals surface area (Å²) in [5.41, 5.74) is 3.57. The minimum atomic E-state index is -0.263. The summed E-state index contributed by atoms with van der Waals surface area (Å²) in [6.45, 7) is 0. The molecule has 1 aromatic rings. The number of benzene rings is 1. The molecule has 1 fully saturated rings. The number of halogens is 2. The lowest BCUT2D eigenvalue weighted by Gasteiger charge is -2.23.